The summed E-state index contributed by atoms with van der Waals surface area (Å²) in [6, 6.07) is 7.01. The highest BCUT2D eigenvalue weighted by molar-refractivity contribution is 5.89. The number of amides is 3. The van der Waals surface area contributed by atoms with Gasteiger partial charge in [0.05, 0.1) is 33.4 Å². The lowest BCUT2D eigenvalue weighted by Gasteiger charge is -2.43. The van der Waals surface area contributed by atoms with E-state index in [0.717, 1.165) is 19.3 Å². The molecule has 1 saturated carbocycles. The topological polar surface area (TPSA) is 80.3 Å². The van der Waals surface area contributed by atoms with Crippen LogP contribution in [-0.4, -0.2) is 74.0 Å². The number of urea groups is 1. The Kier molecular flexibility index (Phi) is 5.41. The molecule has 1 atom stereocenters. The van der Waals surface area contributed by atoms with Gasteiger partial charge in [-0.25, -0.2) is 4.79 Å². The first-order chi connectivity index (χ1) is 13.6. The standard InChI is InChI=1S/C20H27N3O5/c1-26-17-5-2-4-16(12-17)21-19(25)23-9-11-28-20(14-23)13-22(8-3-10-27-20)18(24)15-6-7-15/h2,4-5,12,15H,3,6-11,13-14H2,1H3,(H,21,25). The number of methoxy groups -OCH3 is 1. The molecule has 3 fully saturated rings. The van der Waals surface area contributed by atoms with Crippen LogP contribution in [0.5, 0.6) is 5.75 Å². The molecule has 28 heavy (non-hydrogen) atoms. The molecule has 1 aliphatic carbocycles. The summed E-state index contributed by atoms with van der Waals surface area (Å²) in [6.07, 6.45) is 2.72. The number of carbonyl (C=O) groups is 2. The molecule has 1 aromatic rings. The van der Waals surface area contributed by atoms with Gasteiger partial charge in [-0.05, 0) is 31.4 Å². The fourth-order valence-electron chi connectivity index (χ4n) is 3.72. The molecule has 2 heterocycles. The minimum Gasteiger partial charge on any atom is -0.497 e. The first-order valence-electron chi connectivity index (χ1n) is 9.85. The van der Waals surface area contributed by atoms with Crippen LogP contribution >= 0.6 is 0 Å². The van der Waals surface area contributed by atoms with Gasteiger partial charge in [-0.2, -0.15) is 0 Å². The molecule has 8 heteroatoms. The second-order valence-electron chi connectivity index (χ2n) is 7.58. The molecule has 3 amide bonds. The van der Waals surface area contributed by atoms with E-state index in [-0.39, 0.29) is 24.4 Å². The molecule has 0 bridgehead atoms. The van der Waals surface area contributed by atoms with Crippen molar-refractivity contribution in [3.8, 4) is 5.75 Å². The number of hydrogen-bond donors (Lipinski definition) is 1. The number of nitrogens with zero attached hydrogens (tertiary/aromatic N) is 2. The Morgan fingerprint density at radius 2 is 1.93 bits per heavy atom. The lowest BCUT2D eigenvalue weighted by molar-refractivity contribution is -0.259. The Labute approximate surface area is 164 Å². The summed E-state index contributed by atoms with van der Waals surface area (Å²) in [5, 5.41) is 2.90. The molecule has 1 unspecified atom stereocenters. The molecule has 2 saturated heterocycles. The number of anilines is 1. The van der Waals surface area contributed by atoms with Crippen molar-refractivity contribution in [2.24, 2.45) is 5.92 Å². The van der Waals surface area contributed by atoms with E-state index < -0.39 is 5.79 Å². The van der Waals surface area contributed by atoms with Gasteiger partial charge in [-0.15, -0.1) is 0 Å². The van der Waals surface area contributed by atoms with Gasteiger partial charge in [0.1, 0.15) is 5.75 Å². The molecule has 0 aromatic heterocycles. The summed E-state index contributed by atoms with van der Waals surface area (Å²) < 4.78 is 17.2. The average Bonchev–Trinajstić information content (AvgIpc) is 3.56. The number of benzene rings is 1. The minimum absolute atomic E-state index is 0.159. The maximum Gasteiger partial charge on any atom is 0.322 e. The van der Waals surface area contributed by atoms with Crippen molar-refractivity contribution < 1.29 is 23.8 Å². The normalized spacial score (nSPS) is 25.3. The quantitative estimate of drug-likeness (QED) is 0.854. The van der Waals surface area contributed by atoms with Crippen LogP contribution in [0, 0.1) is 5.92 Å². The highest BCUT2D eigenvalue weighted by Crippen LogP contribution is 2.33. The zero-order valence-electron chi connectivity index (χ0n) is 16.2. The molecule has 1 aromatic carbocycles. The summed E-state index contributed by atoms with van der Waals surface area (Å²) in [4.78, 5) is 28.9. The van der Waals surface area contributed by atoms with Crippen molar-refractivity contribution in [2.45, 2.75) is 25.0 Å². The number of morpholine rings is 1. The molecule has 8 nitrogen and oxygen atoms in total. The van der Waals surface area contributed by atoms with Crippen molar-refractivity contribution >= 4 is 17.6 Å². The summed E-state index contributed by atoms with van der Waals surface area (Å²) in [5.41, 5.74) is 0.664. The second-order valence-corrected chi connectivity index (χ2v) is 7.58. The monoisotopic (exact) mass is 389 g/mol. The third kappa shape index (κ3) is 4.23. The van der Waals surface area contributed by atoms with E-state index in [1.807, 2.05) is 23.1 Å². The number of carbonyl (C=O) groups excluding carboxylic acids is 2. The summed E-state index contributed by atoms with van der Waals surface area (Å²) in [7, 11) is 1.59. The number of hydrogen-bond acceptors (Lipinski definition) is 5. The lowest BCUT2D eigenvalue weighted by Crippen LogP contribution is -2.60. The maximum absolute atomic E-state index is 12.8. The average molecular weight is 389 g/mol. The molecular weight excluding hydrogens is 362 g/mol. The van der Waals surface area contributed by atoms with E-state index in [4.69, 9.17) is 14.2 Å². The lowest BCUT2D eigenvalue weighted by atomic mass is 10.2. The van der Waals surface area contributed by atoms with E-state index in [0.29, 0.717) is 44.3 Å². The Morgan fingerprint density at radius 1 is 1.14 bits per heavy atom. The van der Waals surface area contributed by atoms with Crippen molar-refractivity contribution in [1.29, 1.82) is 0 Å². The molecule has 0 radical (unpaired) electrons. The van der Waals surface area contributed by atoms with Crippen LogP contribution in [0.1, 0.15) is 19.3 Å². The molecular formula is C20H27N3O5. The fourth-order valence-corrected chi connectivity index (χ4v) is 3.72. The van der Waals surface area contributed by atoms with Crippen LogP contribution in [0.25, 0.3) is 0 Å². The number of nitrogens with one attached hydrogen (secondary N) is 1. The highest BCUT2D eigenvalue weighted by atomic mass is 16.7. The second kappa shape index (κ2) is 7.97. The molecule has 1 N–H and O–H groups in total. The van der Waals surface area contributed by atoms with Gasteiger partial charge >= 0.3 is 6.03 Å². The van der Waals surface area contributed by atoms with Gasteiger partial charge in [-0.3, -0.25) is 4.79 Å². The van der Waals surface area contributed by atoms with E-state index >= 15 is 0 Å². The first-order valence-corrected chi connectivity index (χ1v) is 9.85. The smallest absolute Gasteiger partial charge is 0.322 e. The van der Waals surface area contributed by atoms with Crippen LogP contribution in [0.4, 0.5) is 10.5 Å². The van der Waals surface area contributed by atoms with E-state index in [2.05, 4.69) is 5.32 Å². The Hall–Kier alpha value is -2.32. The van der Waals surface area contributed by atoms with Gasteiger partial charge in [0, 0.05) is 30.8 Å². The summed E-state index contributed by atoms with van der Waals surface area (Å²) in [5.74, 6) is 0.0700. The molecule has 3 aliphatic rings. The van der Waals surface area contributed by atoms with Gasteiger partial charge < -0.3 is 29.3 Å². The SMILES string of the molecule is COc1cccc(NC(=O)N2CCOC3(C2)CN(C(=O)C2CC2)CCCO3)c1. The van der Waals surface area contributed by atoms with E-state index in [9.17, 15) is 9.59 Å². The van der Waals surface area contributed by atoms with Crippen molar-refractivity contribution in [1.82, 2.24) is 9.80 Å². The fraction of sp³-hybridized carbons (Fsp3) is 0.600. The van der Waals surface area contributed by atoms with Crippen molar-refractivity contribution in [3.05, 3.63) is 24.3 Å². The van der Waals surface area contributed by atoms with Crippen LogP contribution < -0.4 is 10.1 Å². The molecule has 1 spiro atoms. The maximum atomic E-state index is 12.8. The van der Waals surface area contributed by atoms with Crippen molar-refractivity contribution in [2.75, 3.05) is 51.8 Å². The number of ether oxygens (including phenoxy) is 3. The molecule has 2 aliphatic heterocycles. The van der Waals surface area contributed by atoms with Gasteiger partial charge in [-0.1, -0.05) is 6.07 Å². The minimum atomic E-state index is -0.953. The zero-order valence-corrected chi connectivity index (χ0v) is 16.2. The van der Waals surface area contributed by atoms with Crippen molar-refractivity contribution in [3.63, 3.8) is 0 Å². The third-order valence-corrected chi connectivity index (χ3v) is 5.37. The molecule has 152 valence electrons. The largest absolute Gasteiger partial charge is 0.497 e. The first kappa shape index (κ1) is 19.0. The Morgan fingerprint density at radius 3 is 2.71 bits per heavy atom. The zero-order chi connectivity index (χ0) is 19.6. The van der Waals surface area contributed by atoms with Gasteiger partial charge in [0.25, 0.3) is 0 Å². The summed E-state index contributed by atoms with van der Waals surface area (Å²) >= 11 is 0. The van der Waals surface area contributed by atoms with Crippen LogP contribution in [0.15, 0.2) is 24.3 Å². The summed E-state index contributed by atoms with van der Waals surface area (Å²) in [6.45, 7) is 2.69. The van der Waals surface area contributed by atoms with E-state index in [1.165, 1.54) is 0 Å². The predicted octanol–water partition coefficient (Wildman–Crippen LogP) is 1.91. The Balaban J connectivity index is 1.43. The van der Waals surface area contributed by atoms with Gasteiger partial charge in [0.15, 0.2) is 0 Å². The predicted molar refractivity (Wildman–Crippen MR) is 102 cm³/mol. The molecule has 4 rings (SSSR count). The number of rotatable bonds is 3. The van der Waals surface area contributed by atoms with Crippen LogP contribution in [-0.2, 0) is 14.3 Å². The van der Waals surface area contributed by atoms with Gasteiger partial charge in [0.2, 0.25) is 11.7 Å². The third-order valence-electron chi connectivity index (χ3n) is 5.37. The van der Waals surface area contributed by atoms with Crippen LogP contribution in [0.2, 0.25) is 0 Å². The van der Waals surface area contributed by atoms with E-state index in [1.54, 1.807) is 18.1 Å². The highest BCUT2D eigenvalue weighted by Gasteiger charge is 2.45. The Bertz CT molecular complexity index is 738. The van der Waals surface area contributed by atoms with Crippen LogP contribution in [0.3, 0.4) is 0 Å².